The van der Waals surface area contributed by atoms with Gasteiger partial charge in [-0.15, -0.1) is 0 Å². The maximum Gasteiger partial charge on any atom is 0.0522 e. The van der Waals surface area contributed by atoms with E-state index >= 15 is 0 Å². The second-order valence-corrected chi connectivity index (χ2v) is 2.45. The highest BCUT2D eigenvalue weighted by molar-refractivity contribution is 5.58. The number of hydrogen-bond donors (Lipinski definition) is 0. The van der Waals surface area contributed by atoms with Crippen molar-refractivity contribution >= 4 is 6.21 Å². The molecule has 2 atom stereocenters. The van der Waals surface area contributed by atoms with E-state index in [2.05, 4.69) is 18.8 Å². The minimum Gasteiger partial charge on any atom is -0.294 e. The topological polar surface area (TPSA) is 12.4 Å². The zero-order chi connectivity index (χ0) is 5.98. The molecule has 0 N–H and O–H groups in total. The van der Waals surface area contributed by atoms with Crippen molar-refractivity contribution in [3.63, 3.8) is 0 Å². The second kappa shape index (κ2) is 2.29. The van der Waals surface area contributed by atoms with Crippen molar-refractivity contribution in [3.8, 4) is 0 Å². The number of nitrogens with zero attached hydrogens (tertiary/aromatic N) is 1. The molecule has 0 aromatic heterocycles. The highest BCUT2D eigenvalue weighted by Gasteiger charge is 2.11. The summed E-state index contributed by atoms with van der Waals surface area (Å²) in [5, 5.41) is 0. The monoisotopic (exact) mass is 110 g/mol. The molecule has 0 saturated heterocycles. The van der Waals surface area contributed by atoms with Gasteiger partial charge in [-0.25, -0.2) is 0 Å². The molecule has 1 heteroatoms. The van der Waals surface area contributed by atoms with Gasteiger partial charge in [-0.1, -0.05) is 6.92 Å². The Kier molecular flexibility index (Phi) is 1.66. The summed E-state index contributed by atoms with van der Waals surface area (Å²) in [7, 11) is 0. The van der Waals surface area contributed by atoms with Crippen molar-refractivity contribution in [1.29, 1.82) is 0 Å². The lowest BCUT2D eigenvalue weighted by Crippen LogP contribution is -2.15. The number of rotatable bonds is 0. The summed E-state index contributed by atoms with van der Waals surface area (Å²) in [6.45, 7) is 6.08. The molecule has 0 aromatic rings. The molecule has 2 unspecified atom stereocenters. The van der Waals surface area contributed by atoms with Crippen LogP contribution in [0.3, 0.4) is 0 Å². The fourth-order valence-electron chi connectivity index (χ4n) is 0.887. The normalized spacial score (nSPS) is 37.8. The van der Waals surface area contributed by atoms with E-state index in [4.69, 9.17) is 0 Å². The molecule has 0 aliphatic carbocycles. The predicted molar refractivity (Wildman–Crippen MR) is 36.0 cm³/mol. The first-order valence-corrected chi connectivity index (χ1v) is 3.15. The van der Waals surface area contributed by atoms with Crippen LogP contribution in [-0.2, 0) is 0 Å². The van der Waals surface area contributed by atoms with Crippen LogP contribution in [0.25, 0.3) is 0 Å². The maximum absolute atomic E-state index is 4.17. The highest BCUT2D eigenvalue weighted by Crippen LogP contribution is 2.15. The summed E-state index contributed by atoms with van der Waals surface area (Å²) in [4.78, 5) is 4.17. The molecular weight excluding hydrogens is 98.1 g/mol. The third kappa shape index (κ3) is 1.09. The predicted octanol–water partition coefficient (Wildman–Crippen LogP) is 1.69. The van der Waals surface area contributed by atoms with Crippen LogP contribution in [0.4, 0.5) is 0 Å². The summed E-state index contributed by atoms with van der Waals surface area (Å²) in [5.41, 5.74) is 0. The van der Waals surface area contributed by atoms with Crippen molar-refractivity contribution < 1.29 is 0 Å². The lowest BCUT2D eigenvalue weighted by Gasteiger charge is -2.18. The van der Waals surface area contributed by atoms with Crippen LogP contribution in [0.5, 0.6) is 0 Å². The Morgan fingerprint density at radius 3 is 2.88 bits per heavy atom. The van der Waals surface area contributed by atoms with Gasteiger partial charge in [0.2, 0.25) is 0 Å². The van der Waals surface area contributed by atoms with Gasteiger partial charge in [-0.2, -0.15) is 0 Å². The zero-order valence-electron chi connectivity index (χ0n) is 5.30. The van der Waals surface area contributed by atoms with Gasteiger partial charge in [0.15, 0.2) is 0 Å². The van der Waals surface area contributed by atoms with Crippen molar-refractivity contribution in [2.45, 2.75) is 25.8 Å². The lowest BCUT2D eigenvalue weighted by molar-refractivity contribution is 0.474. The molecule has 1 aliphatic rings. The van der Waals surface area contributed by atoms with Crippen LogP contribution >= 0.6 is 0 Å². The largest absolute Gasteiger partial charge is 0.294 e. The maximum atomic E-state index is 4.17. The Hall–Kier alpha value is -0.330. The standard InChI is InChI=1S/C7H12N/c1-6-4-3-5-8-7(6)2/h5-7H,2-4H2,1H3. The fraction of sp³-hybridized carbons (Fsp3) is 0.714. The van der Waals surface area contributed by atoms with Crippen LogP contribution in [0.1, 0.15) is 19.8 Å². The number of aliphatic imine (C=N–C) groups is 1. The molecule has 1 nitrogen and oxygen atoms in total. The molecule has 0 fully saturated rings. The summed E-state index contributed by atoms with van der Waals surface area (Å²) < 4.78 is 0. The van der Waals surface area contributed by atoms with Gasteiger partial charge in [-0.05, 0) is 31.9 Å². The summed E-state index contributed by atoms with van der Waals surface area (Å²) in [5.74, 6) is 0.694. The Morgan fingerprint density at radius 1 is 1.75 bits per heavy atom. The van der Waals surface area contributed by atoms with Gasteiger partial charge in [-0.3, -0.25) is 4.99 Å². The molecule has 1 aliphatic heterocycles. The van der Waals surface area contributed by atoms with Crippen LogP contribution < -0.4 is 0 Å². The Balaban J connectivity index is 2.47. The van der Waals surface area contributed by atoms with Crippen LogP contribution in [0.2, 0.25) is 0 Å². The molecule has 0 bridgehead atoms. The fourth-order valence-corrected chi connectivity index (χ4v) is 0.887. The van der Waals surface area contributed by atoms with Gasteiger partial charge in [0, 0.05) is 0 Å². The molecule has 0 aromatic carbocycles. The SMILES string of the molecule is [CH2]C1N=CCCC1C. The summed E-state index contributed by atoms with van der Waals surface area (Å²) in [6, 6.07) is 0.323. The first-order valence-electron chi connectivity index (χ1n) is 3.15. The summed E-state index contributed by atoms with van der Waals surface area (Å²) in [6.07, 6.45) is 4.39. The van der Waals surface area contributed by atoms with Crippen molar-refractivity contribution in [1.82, 2.24) is 0 Å². The third-order valence-electron chi connectivity index (χ3n) is 1.70. The van der Waals surface area contributed by atoms with Crippen LogP contribution in [0, 0.1) is 12.8 Å². The molecule has 0 spiro atoms. The molecule has 1 heterocycles. The minimum atomic E-state index is 0.323. The van der Waals surface area contributed by atoms with E-state index < -0.39 is 0 Å². The van der Waals surface area contributed by atoms with Crippen LogP contribution in [-0.4, -0.2) is 12.3 Å². The zero-order valence-corrected chi connectivity index (χ0v) is 5.30. The molecular formula is C7H12N. The second-order valence-electron chi connectivity index (χ2n) is 2.45. The van der Waals surface area contributed by atoms with Gasteiger partial charge < -0.3 is 0 Å². The number of hydrogen-bond acceptors (Lipinski definition) is 1. The van der Waals surface area contributed by atoms with Crippen molar-refractivity contribution in [3.05, 3.63) is 6.92 Å². The Bertz CT molecular complexity index is 96.6. The van der Waals surface area contributed by atoms with Crippen molar-refractivity contribution in [2.75, 3.05) is 0 Å². The van der Waals surface area contributed by atoms with Crippen LogP contribution in [0.15, 0.2) is 4.99 Å². The average Bonchev–Trinajstić information content (AvgIpc) is 1.77. The quantitative estimate of drug-likeness (QED) is 0.450. The summed E-state index contributed by atoms with van der Waals surface area (Å²) >= 11 is 0. The smallest absolute Gasteiger partial charge is 0.0522 e. The molecule has 45 valence electrons. The molecule has 1 rings (SSSR count). The van der Waals surface area contributed by atoms with E-state index in [0.717, 1.165) is 6.42 Å². The molecule has 0 saturated carbocycles. The van der Waals surface area contributed by atoms with Gasteiger partial charge >= 0.3 is 0 Å². The lowest BCUT2D eigenvalue weighted by atomic mass is 9.96. The van der Waals surface area contributed by atoms with E-state index in [1.165, 1.54) is 6.42 Å². The Labute approximate surface area is 50.8 Å². The van der Waals surface area contributed by atoms with E-state index in [9.17, 15) is 0 Å². The van der Waals surface area contributed by atoms with E-state index in [-0.39, 0.29) is 0 Å². The van der Waals surface area contributed by atoms with E-state index in [1.807, 2.05) is 6.21 Å². The van der Waals surface area contributed by atoms with Crippen molar-refractivity contribution in [2.24, 2.45) is 10.9 Å². The van der Waals surface area contributed by atoms with Gasteiger partial charge in [0.1, 0.15) is 0 Å². The first kappa shape index (κ1) is 5.80. The Morgan fingerprint density at radius 2 is 2.50 bits per heavy atom. The molecule has 1 radical (unpaired) electrons. The minimum absolute atomic E-state index is 0.323. The van der Waals surface area contributed by atoms with Gasteiger partial charge in [0.25, 0.3) is 0 Å². The average molecular weight is 110 g/mol. The first-order chi connectivity index (χ1) is 3.80. The third-order valence-corrected chi connectivity index (χ3v) is 1.70. The molecule has 0 amide bonds. The van der Waals surface area contributed by atoms with Gasteiger partial charge in [0.05, 0.1) is 6.04 Å². The van der Waals surface area contributed by atoms with E-state index in [1.54, 1.807) is 0 Å². The highest BCUT2D eigenvalue weighted by atomic mass is 14.8. The van der Waals surface area contributed by atoms with E-state index in [0.29, 0.717) is 12.0 Å². The molecule has 8 heavy (non-hydrogen) atoms.